The third-order valence-electron chi connectivity index (χ3n) is 7.48. The Morgan fingerprint density at radius 1 is 0.923 bits per heavy atom. The fourth-order valence-corrected chi connectivity index (χ4v) is 5.91. The molecule has 292 valence electrons. The second-order valence-electron chi connectivity index (χ2n) is 11.8. The van der Waals surface area contributed by atoms with Crippen molar-refractivity contribution >= 4 is 84.2 Å². The molecule has 1 aliphatic heterocycles. The molecule has 22 heteroatoms. The van der Waals surface area contributed by atoms with E-state index in [9.17, 15) is 53.1 Å². The number of hydrogen-bond donors (Lipinski definition) is 9. The monoisotopic (exact) mass is 778 g/mol. The van der Waals surface area contributed by atoms with E-state index in [0.29, 0.717) is 25.0 Å². The molecule has 0 saturated carbocycles. The maximum atomic E-state index is 12.8. The van der Waals surface area contributed by atoms with Crippen molar-refractivity contribution < 1.29 is 68.0 Å². The molecule has 0 aromatic heterocycles. The van der Waals surface area contributed by atoms with Crippen molar-refractivity contribution in [1.82, 2.24) is 26.2 Å². The number of Topliss-reactive ketones (excluding diaryl/α,β-unsaturated/α-hetero) is 1. The highest BCUT2D eigenvalue weighted by Gasteiger charge is 2.39. The number of amides is 6. The second-order valence-corrected chi connectivity index (χ2v) is 13.4. The van der Waals surface area contributed by atoms with Crippen molar-refractivity contribution in [2.75, 3.05) is 18.1 Å². The van der Waals surface area contributed by atoms with Gasteiger partial charge in [-0.3, -0.25) is 43.3 Å². The lowest BCUT2D eigenvalue weighted by Crippen LogP contribution is -2.53. The standard InChI is InChI=1S/C30H46N6O14S2/c1-16(13-51)32-27(45)19(11-25(42)43)33-26(44)18(31)7-6-17(38)5-3-2-4-10-36-23(39)12-21(28(36)46)52-14-20(29(47)48)34-30(49)35-22(50-15-37)8-9-24(40)41/h15-16,18-22,51H,2-14,31H2,1H3,(H,32,45)(H,33,44)(H,40,41)(H,42,43)(H,47,48)(H2,34,35,49)/t16-,18+,19?,20+,21?,22-/m1/s1. The van der Waals surface area contributed by atoms with Gasteiger partial charge in [-0.05, 0) is 26.2 Å². The molecule has 20 nitrogen and oxygen atoms in total. The molecule has 1 heterocycles. The van der Waals surface area contributed by atoms with Crippen molar-refractivity contribution in [3.63, 3.8) is 0 Å². The van der Waals surface area contributed by atoms with E-state index in [1.807, 2.05) is 0 Å². The predicted molar refractivity (Wildman–Crippen MR) is 185 cm³/mol. The van der Waals surface area contributed by atoms with Gasteiger partial charge in [-0.25, -0.2) is 9.59 Å². The summed E-state index contributed by atoms with van der Waals surface area (Å²) in [6.45, 7) is 1.72. The number of nitrogens with one attached hydrogen (secondary N) is 4. The fourth-order valence-electron chi connectivity index (χ4n) is 4.64. The maximum Gasteiger partial charge on any atom is 0.327 e. The largest absolute Gasteiger partial charge is 0.481 e. The number of urea groups is 1. The number of thioether (sulfide) groups is 1. The minimum atomic E-state index is -1.51. The van der Waals surface area contributed by atoms with Crippen LogP contribution in [0.15, 0.2) is 0 Å². The van der Waals surface area contributed by atoms with E-state index in [0.717, 1.165) is 16.7 Å². The number of thiol groups is 1. The molecule has 2 unspecified atom stereocenters. The Balaban J connectivity index is 2.46. The van der Waals surface area contributed by atoms with Gasteiger partial charge in [0.1, 0.15) is 17.9 Å². The third kappa shape index (κ3) is 17.7. The van der Waals surface area contributed by atoms with Crippen molar-refractivity contribution in [3.05, 3.63) is 0 Å². The zero-order valence-corrected chi connectivity index (χ0v) is 30.2. The number of unbranched alkanes of at least 4 members (excludes halogenated alkanes) is 2. The van der Waals surface area contributed by atoms with E-state index < -0.39 is 90.0 Å². The van der Waals surface area contributed by atoms with E-state index >= 15 is 0 Å². The summed E-state index contributed by atoms with van der Waals surface area (Å²) < 4.78 is 4.59. The molecular weight excluding hydrogens is 732 g/mol. The fraction of sp³-hybridized carbons (Fsp3) is 0.667. The lowest BCUT2D eigenvalue weighted by atomic mass is 10.0. The van der Waals surface area contributed by atoms with Crippen LogP contribution in [0.4, 0.5) is 4.79 Å². The number of carbonyl (C=O) groups excluding carboxylic acids is 7. The first kappa shape index (κ1) is 45.6. The number of imide groups is 1. The molecule has 0 bridgehead atoms. The second kappa shape index (κ2) is 23.9. The topological polar surface area (TPSA) is 318 Å². The zero-order chi connectivity index (χ0) is 39.4. The van der Waals surface area contributed by atoms with Crippen molar-refractivity contribution in [3.8, 4) is 0 Å². The Kier molecular flexibility index (Phi) is 21.0. The van der Waals surface area contributed by atoms with Crippen LogP contribution in [-0.2, 0) is 47.9 Å². The molecule has 1 fully saturated rings. The van der Waals surface area contributed by atoms with Crippen LogP contribution in [0.5, 0.6) is 0 Å². The highest BCUT2D eigenvalue weighted by atomic mass is 32.2. The van der Waals surface area contributed by atoms with Crippen LogP contribution >= 0.6 is 24.4 Å². The molecule has 0 radical (unpaired) electrons. The number of rotatable bonds is 27. The van der Waals surface area contributed by atoms with Gasteiger partial charge >= 0.3 is 23.9 Å². The number of hydrogen-bond acceptors (Lipinski definition) is 14. The number of carboxylic acid groups (broad SMARTS) is 3. The normalized spacial score (nSPS) is 16.8. The smallest absolute Gasteiger partial charge is 0.327 e. The van der Waals surface area contributed by atoms with Gasteiger partial charge in [-0.2, -0.15) is 12.6 Å². The number of carbonyl (C=O) groups is 10. The van der Waals surface area contributed by atoms with Crippen molar-refractivity contribution in [1.29, 1.82) is 0 Å². The number of nitrogens with two attached hydrogens (primary N) is 1. The van der Waals surface area contributed by atoms with Gasteiger partial charge in [0.05, 0.1) is 24.1 Å². The van der Waals surface area contributed by atoms with Gasteiger partial charge in [-0.1, -0.05) is 6.42 Å². The molecule has 6 atom stereocenters. The zero-order valence-electron chi connectivity index (χ0n) is 28.4. The minimum Gasteiger partial charge on any atom is -0.481 e. The Bertz CT molecular complexity index is 1320. The molecule has 0 aromatic rings. The third-order valence-corrected chi connectivity index (χ3v) is 9.33. The number of aliphatic carboxylic acids is 3. The quantitative estimate of drug-likeness (QED) is 0.0152. The Morgan fingerprint density at radius 3 is 2.21 bits per heavy atom. The Labute approximate surface area is 308 Å². The number of ether oxygens (including phenoxy) is 1. The molecule has 0 aliphatic carbocycles. The first-order valence-corrected chi connectivity index (χ1v) is 17.9. The molecule has 0 spiro atoms. The first-order valence-electron chi connectivity index (χ1n) is 16.3. The van der Waals surface area contributed by atoms with Gasteiger partial charge in [-0.15, -0.1) is 11.8 Å². The van der Waals surface area contributed by atoms with Crippen LogP contribution < -0.4 is 27.0 Å². The Morgan fingerprint density at radius 2 is 1.62 bits per heavy atom. The average Bonchev–Trinajstić information content (AvgIpc) is 3.34. The van der Waals surface area contributed by atoms with Crippen LogP contribution in [0.2, 0.25) is 0 Å². The lowest BCUT2D eigenvalue weighted by Gasteiger charge is -2.21. The summed E-state index contributed by atoms with van der Waals surface area (Å²) in [6.07, 6.45) is -1.56. The maximum absolute atomic E-state index is 12.8. The van der Waals surface area contributed by atoms with Gasteiger partial charge < -0.3 is 47.1 Å². The highest BCUT2D eigenvalue weighted by molar-refractivity contribution is 8.00. The van der Waals surface area contributed by atoms with Crippen LogP contribution in [0, 0.1) is 0 Å². The van der Waals surface area contributed by atoms with E-state index in [4.69, 9.17) is 15.9 Å². The molecule has 1 saturated heterocycles. The van der Waals surface area contributed by atoms with Crippen LogP contribution in [0.25, 0.3) is 0 Å². The molecular formula is C30H46N6O14S2. The van der Waals surface area contributed by atoms with E-state index in [1.165, 1.54) is 0 Å². The predicted octanol–water partition coefficient (Wildman–Crippen LogP) is -1.41. The highest BCUT2D eigenvalue weighted by Crippen LogP contribution is 2.26. The summed E-state index contributed by atoms with van der Waals surface area (Å²) in [5, 5.41) is 35.6. The number of carboxylic acids is 3. The number of nitrogens with zero attached hydrogens (tertiary/aromatic N) is 1. The van der Waals surface area contributed by atoms with Gasteiger partial charge in [0.25, 0.3) is 6.47 Å². The SMILES string of the molecule is C[C@H](CS)NC(=O)C(CC(=O)O)NC(=O)[C@@H](N)CCC(=O)CCCCCN1C(=O)CC(SC[C@H](NC(=O)N[C@@H](CCC(=O)O)OC=O)C(=O)O)C1=O. The number of ketones is 1. The summed E-state index contributed by atoms with van der Waals surface area (Å²) in [6, 6.07) is -5.47. The van der Waals surface area contributed by atoms with Crippen LogP contribution in [0.1, 0.15) is 71.1 Å². The van der Waals surface area contributed by atoms with Crippen LogP contribution in [0.3, 0.4) is 0 Å². The molecule has 6 amide bonds. The van der Waals surface area contributed by atoms with Crippen LogP contribution in [-0.4, -0.2) is 134 Å². The summed E-state index contributed by atoms with van der Waals surface area (Å²) >= 11 is 4.90. The molecule has 52 heavy (non-hydrogen) atoms. The summed E-state index contributed by atoms with van der Waals surface area (Å²) in [7, 11) is 0. The van der Waals surface area contributed by atoms with E-state index in [2.05, 4.69) is 38.6 Å². The van der Waals surface area contributed by atoms with E-state index in [-0.39, 0.29) is 62.7 Å². The first-order chi connectivity index (χ1) is 24.5. The summed E-state index contributed by atoms with van der Waals surface area (Å²) in [5.41, 5.74) is 5.87. The minimum absolute atomic E-state index is 0.00415. The van der Waals surface area contributed by atoms with Gasteiger partial charge in [0.15, 0.2) is 6.23 Å². The number of likely N-dealkylation sites (tertiary alicyclic amines) is 1. The molecule has 9 N–H and O–H groups in total. The summed E-state index contributed by atoms with van der Waals surface area (Å²) in [5.74, 6) is -6.65. The van der Waals surface area contributed by atoms with Gasteiger partial charge in [0, 0.05) is 49.8 Å². The summed E-state index contributed by atoms with van der Waals surface area (Å²) in [4.78, 5) is 120. The molecule has 1 aliphatic rings. The Hall–Kier alpha value is -4.44. The van der Waals surface area contributed by atoms with Gasteiger partial charge in [0.2, 0.25) is 23.6 Å². The molecule has 0 aromatic carbocycles. The lowest BCUT2D eigenvalue weighted by molar-refractivity contribution is -0.141. The van der Waals surface area contributed by atoms with Crippen molar-refractivity contribution in [2.24, 2.45) is 5.73 Å². The molecule has 1 rings (SSSR count). The van der Waals surface area contributed by atoms with Crippen molar-refractivity contribution in [2.45, 2.75) is 107 Å². The van der Waals surface area contributed by atoms with E-state index in [1.54, 1.807) is 6.92 Å². The average molecular weight is 779 g/mol.